The van der Waals surface area contributed by atoms with Crippen LogP contribution in [-0.4, -0.2) is 42.3 Å². The number of hydrogen-bond acceptors (Lipinski definition) is 5. The first-order chi connectivity index (χ1) is 17.2. The highest BCUT2D eigenvalue weighted by Crippen LogP contribution is 2.22. The van der Waals surface area contributed by atoms with Gasteiger partial charge >= 0.3 is 5.97 Å². The summed E-state index contributed by atoms with van der Waals surface area (Å²) in [5, 5.41) is 8.96. The average molecular weight is 471 g/mol. The van der Waals surface area contributed by atoms with E-state index in [2.05, 4.69) is 65.1 Å². The van der Waals surface area contributed by atoms with E-state index in [-0.39, 0.29) is 6.42 Å². The molecule has 0 saturated carbocycles. The van der Waals surface area contributed by atoms with Gasteiger partial charge in [0.15, 0.2) is 0 Å². The van der Waals surface area contributed by atoms with Crippen LogP contribution in [0.2, 0.25) is 0 Å². The number of carbonyl (C=O) groups is 1. The van der Waals surface area contributed by atoms with E-state index in [0.29, 0.717) is 24.5 Å². The van der Waals surface area contributed by atoms with E-state index in [9.17, 15) is 4.79 Å². The Hall–Kier alpha value is -4.03. The first-order valence-corrected chi connectivity index (χ1v) is 11.8. The maximum Gasteiger partial charge on any atom is 0.307 e. The monoisotopic (exact) mass is 470 g/mol. The Morgan fingerprint density at radius 3 is 2.49 bits per heavy atom. The van der Waals surface area contributed by atoms with E-state index in [1.807, 2.05) is 24.3 Å². The van der Waals surface area contributed by atoms with Crippen molar-refractivity contribution in [1.29, 1.82) is 0 Å². The van der Waals surface area contributed by atoms with Gasteiger partial charge in [0.05, 0.1) is 12.1 Å². The summed E-state index contributed by atoms with van der Waals surface area (Å²) in [5.41, 5.74) is 8.06. The molecule has 0 radical (unpaired) electrons. The zero-order valence-corrected chi connectivity index (χ0v) is 19.6. The normalized spacial score (nSPS) is 13.5. The zero-order valence-electron chi connectivity index (χ0n) is 19.6. The van der Waals surface area contributed by atoms with Crippen molar-refractivity contribution in [3.8, 4) is 16.9 Å². The zero-order chi connectivity index (χ0) is 24.3. The molecule has 0 atom stereocenters. The van der Waals surface area contributed by atoms with Crippen LogP contribution in [0.4, 0.5) is 0 Å². The molecule has 4 rings (SSSR count). The largest absolute Gasteiger partial charge is 0.491 e. The quantitative estimate of drug-likeness (QED) is 0.230. The molecule has 6 nitrogen and oxygen atoms in total. The van der Waals surface area contributed by atoms with Gasteiger partial charge in [0, 0.05) is 24.9 Å². The number of aliphatic carboxylic acids is 1. The summed E-state index contributed by atoms with van der Waals surface area (Å²) >= 11 is 0. The van der Waals surface area contributed by atoms with Crippen molar-refractivity contribution in [3.63, 3.8) is 0 Å². The minimum Gasteiger partial charge on any atom is -0.491 e. The summed E-state index contributed by atoms with van der Waals surface area (Å²) in [6.07, 6.45) is 7.45. The Labute approximate surface area is 206 Å². The van der Waals surface area contributed by atoms with Crippen LogP contribution >= 0.6 is 0 Å². The summed E-state index contributed by atoms with van der Waals surface area (Å²) in [5.74, 6) is -0.241. The smallest absolute Gasteiger partial charge is 0.307 e. The van der Waals surface area contributed by atoms with E-state index in [0.717, 1.165) is 36.3 Å². The van der Waals surface area contributed by atoms with Crippen molar-refractivity contribution < 1.29 is 19.5 Å². The lowest BCUT2D eigenvalue weighted by molar-refractivity contribution is -0.136. The van der Waals surface area contributed by atoms with Gasteiger partial charge in [-0.05, 0) is 35.2 Å². The molecule has 1 aliphatic rings. The summed E-state index contributed by atoms with van der Waals surface area (Å²) in [6, 6.07) is 25.8. The minimum atomic E-state index is -0.866. The van der Waals surface area contributed by atoms with Crippen molar-refractivity contribution >= 4 is 11.7 Å². The summed E-state index contributed by atoms with van der Waals surface area (Å²) in [4.78, 5) is 18.9. The molecule has 0 fully saturated rings. The van der Waals surface area contributed by atoms with Gasteiger partial charge in [0.1, 0.15) is 19.0 Å². The average Bonchev–Trinajstić information content (AvgIpc) is 2.89. The summed E-state index contributed by atoms with van der Waals surface area (Å²) < 4.78 is 5.73. The Balaban J connectivity index is 1.36. The topological polar surface area (TPSA) is 71.0 Å². The standard InChI is InChI=1S/C29H30N2O4/c32-29(33)21-23-8-7-11-27(20-23)34-18-19-35-30-28(22-31-16-5-2-6-17-31)26-14-12-25(13-15-26)24-9-3-1-4-10-24/h1-5,7-15,20,22,30H,6,16-19,21H2,(H,32,33). The highest BCUT2D eigenvalue weighted by molar-refractivity contribution is 5.70. The molecule has 180 valence electrons. The van der Waals surface area contributed by atoms with Gasteiger partial charge in [0.25, 0.3) is 0 Å². The molecule has 0 unspecified atom stereocenters. The van der Waals surface area contributed by atoms with Crippen LogP contribution in [0, 0.1) is 0 Å². The van der Waals surface area contributed by atoms with Crippen molar-refractivity contribution in [2.45, 2.75) is 12.8 Å². The van der Waals surface area contributed by atoms with Crippen molar-refractivity contribution in [1.82, 2.24) is 10.4 Å². The second-order valence-corrected chi connectivity index (χ2v) is 8.26. The number of hydrogen-bond donors (Lipinski definition) is 2. The predicted octanol–water partition coefficient (Wildman–Crippen LogP) is 5.14. The van der Waals surface area contributed by atoms with Crippen molar-refractivity contribution in [2.75, 3.05) is 26.3 Å². The molecule has 0 spiro atoms. The number of carboxylic acids is 1. The number of carboxylic acid groups (broad SMARTS) is 1. The number of nitrogens with zero attached hydrogens (tertiary/aromatic N) is 1. The number of nitrogens with one attached hydrogen (secondary N) is 1. The SMILES string of the molecule is O=C(O)Cc1cccc(OCCONC(=CN2CC=CCC2)c2ccc(-c3ccccc3)cc2)c1. The van der Waals surface area contributed by atoms with Gasteiger partial charge < -0.3 is 14.7 Å². The molecule has 1 heterocycles. The van der Waals surface area contributed by atoms with Crippen LogP contribution in [0.5, 0.6) is 5.75 Å². The van der Waals surface area contributed by atoms with E-state index in [1.54, 1.807) is 18.2 Å². The molecular weight excluding hydrogens is 440 g/mol. The molecule has 1 aliphatic heterocycles. The Bertz CT molecular complexity index is 1160. The molecule has 2 N–H and O–H groups in total. The first kappa shape index (κ1) is 24.1. The Morgan fingerprint density at radius 2 is 1.74 bits per heavy atom. The van der Waals surface area contributed by atoms with E-state index in [4.69, 9.17) is 14.7 Å². The van der Waals surface area contributed by atoms with Crippen LogP contribution in [-0.2, 0) is 16.1 Å². The number of ether oxygens (including phenoxy) is 1. The second-order valence-electron chi connectivity index (χ2n) is 8.26. The van der Waals surface area contributed by atoms with Gasteiger partial charge in [-0.3, -0.25) is 15.1 Å². The number of benzene rings is 3. The molecule has 0 amide bonds. The van der Waals surface area contributed by atoms with Crippen LogP contribution in [0.25, 0.3) is 16.8 Å². The number of rotatable bonds is 11. The van der Waals surface area contributed by atoms with Crippen LogP contribution in [0.15, 0.2) is 97.2 Å². The number of hydroxylamine groups is 1. The van der Waals surface area contributed by atoms with Crippen molar-refractivity contribution in [3.05, 3.63) is 108 Å². The fourth-order valence-electron chi connectivity index (χ4n) is 3.84. The third-order valence-corrected chi connectivity index (χ3v) is 5.59. The van der Waals surface area contributed by atoms with Gasteiger partial charge in [-0.2, -0.15) is 0 Å². The van der Waals surface area contributed by atoms with E-state index < -0.39 is 5.97 Å². The van der Waals surface area contributed by atoms with Gasteiger partial charge in [-0.25, -0.2) is 0 Å². The molecular formula is C29H30N2O4. The third kappa shape index (κ3) is 7.48. The first-order valence-electron chi connectivity index (χ1n) is 11.8. The van der Waals surface area contributed by atoms with Crippen LogP contribution < -0.4 is 10.2 Å². The second kappa shape index (κ2) is 12.4. The lowest BCUT2D eigenvalue weighted by atomic mass is 10.0. The Kier molecular flexibility index (Phi) is 8.57. The lowest BCUT2D eigenvalue weighted by Crippen LogP contribution is -2.25. The van der Waals surface area contributed by atoms with E-state index in [1.165, 1.54) is 5.56 Å². The minimum absolute atomic E-state index is 0.0296. The lowest BCUT2D eigenvalue weighted by Gasteiger charge is -2.23. The molecule has 0 saturated heterocycles. The predicted molar refractivity (Wildman–Crippen MR) is 138 cm³/mol. The summed E-state index contributed by atoms with van der Waals surface area (Å²) in [6.45, 7) is 2.47. The Morgan fingerprint density at radius 1 is 0.943 bits per heavy atom. The van der Waals surface area contributed by atoms with Crippen LogP contribution in [0.1, 0.15) is 17.5 Å². The van der Waals surface area contributed by atoms with Gasteiger partial charge in [-0.15, -0.1) is 0 Å². The van der Waals surface area contributed by atoms with E-state index >= 15 is 0 Å². The molecule has 6 heteroatoms. The fourth-order valence-corrected chi connectivity index (χ4v) is 3.84. The van der Waals surface area contributed by atoms with Gasteiger partial charge in [-0.1, -0.05) is 78.9 Å². The molecule has 0 bridgehead atoms. The molecule has 3 aromatic carbocycles. The molecule has 0 aromatic heterocycles. The van der Waals surface area contributed by atoms with Crippen molar-refractivity contribution in [2.24, 2.45) is 0 Å². The fraction of sp³-hybridized carbons (Fsp3) is 0.207. The molecule has 0 aliphatic carbocycles. The summed E-state index contributed by atoms with van der Waals surface area (Å²) in [7, 11) is 0. The van der Waals surface area contributed by atoms with Gasteiger partial charge in [0.2, 0.25) is 0 Å². The highest BCUT2D eigenvalue weighted by atomic mass is 16.7. The van der Waals surface area contributed by atoms with Crippen LogP contribution in [0.3, 0.4) is 0 Å². The molecule has 35 heavy (non-hydrogen) atoms. The maximum atomic E-state index is 10.9. The molecule has 3 aromatic rings. The maximum absolute atomic E-state index is 10.9. The highest BCUT2D eigenvalue weighted by Gasteiger charge is 2.08. The third-order valence-electron chi connectivity index (χ3n) is 5.59.